The molecule has 1 aliphatic carbocycles. The largest absolute Gasteiger partial charge is 0.478 e. The number of ether oxygens (including phenoxy) is 1. The van der Waals surface area contributed by atoms with Gasteiger partial charge in [0.2, 0.25) is 0 Å². The van der Waals surface area contributed by atoms with Crippen LogP contribution in [0, 0.1) is 11.3 Å². The minimum Gasteiger partial charge on any atom is -0.478 e. The molecule has 0 radical (unpaired) electrons. The lowest BCUT2D eigenvalue weighted by molar-refractivity contribution is -0.146. The molecule has 28 heavy (non-hydrogen) atoms. The Hall–Kier alpha value is -2.88. The first-order chi connectivity index (χ1) is 13.5. The number of hydrogen-bond acceptors (Lipinski definition) is 5. The van der Waals surface area contributed by atoms with Crippen molar-refractivity contribution < 1.29 is 9.53 Å². The van der Waals surface area contributed by atoms with E-state index in [9.17, 15) is 4.79 Å². The summed E-state index contributed by atoms with van der Waals surface area (Å²) in [4.78, 5) is 19.7. The molecule has 1 saturated carbocycles. The van der Waals surface area contributed by atoms with Gasteiger partial charge >= 0.3 is 0 Å². The summed E-state index contributed by atoms with van der Waals surface area (Å²) in [7, 11) is 0. The van der Waals surface area contributed by atoms with Crippen LogP contribution in [0.25, 0.3) is 0 Å². The first kappa shape index (κ1) is 18.5. The summed E-state index contributed by atoms with van der Waals surface area (Å²) < 4.78 is 5.96. The third-order valence-electron chi connectivity index (χ3n) is 5.43. The fourth-order valence-corrected chi connectivity index (χ4v) is 3.70. The number of likely N-dealkylation sites (tertiary alicyclic amines) is 1. The van der Waals surface area contributed by atoms with Crippen LogP contribution in [0.3, 0.4) is 0 Å². The summed E-state index contributed by atoms with van der Waals surface area (Å²) in [6, 6.07) is 8.90. The van der Waals surface area contributed by atoms with Crippen LogP contribution in [0.2, 0.25) is 0 Å². The van der Waals surface area contributed by atoms with E-state index in [4.69, 9.17) is 10.00 Å². The molecule has 2 aromatic rings. The SMILES string of the molecule is CC(C)(Oc1ccc(C#N)cc1)C(=O)N1CCC[C@@H](c2n[nH]c(C3CC3)n2)C1. The van der Waals surface area contributed by atoms with Crippen LogP contribution in [-0.2, 0) is 4.79 Å². The van der Waals surface area contributed by atoms with E-state index in [0.29, 0.717) is 23.8 Å². The Bertz CT molecular complexity index is 892. The van der Waals surface area contributed by atoms with Crippen LogP contribution in [0.4, 0.5) is 0 Å². The number of nitrogens with one attached hydrogen (secondary N) is 1. The van der Waals surface area contributed by atoms with Crippen molar-refractivity contribution in [2.45, 2.75) is 57.0 Å². The van der Waals surface area contributed by atoms with Crippen molar-refractivity contribution in [1.82, 2.24) is 20.1 Å². The molecule has 7 heteroatoms. The van der Waals surface area contributed by atoms with Crippen LogP contribution in [0.1, 0.15) is 68.6 Å². The van der Waals surface area contributed by atoms with Crippen LogP contribution < -0.4 is 4.74 Å². The van der Waals surface area contributed by atoms with E-state index < -0.39 is 5.60 Å². The van der Waals surface area contributed by atoms with Crippen molar-refractivity contribution in [1.29, 1.82) is 5.26 Å². The number of aromatic nitrogens is 3. The zero-order valence-electron chi connectivity index (χ0n) is 16.3. The molecule has 1 N–H and O–H groups in total. The van der Waals surface area contributed by atoms with Gasteiger partial charge in [0, 0.05) is 24.9 Å². The number of H-pyrrole nitrogens is 1. The van der Waals surface area contributed by atoms with Crippen molar-refractivity contribution in [2.75, 3.05) is 13.1 Å². The first-order valence-corrected chi connectivity index (χ1v) is 9.87. The predicted molar refractivity (Wildman–Crippen MR) is 103 cm³/mol. The monoisotopic (exact) mass is 379 g/mol. The van der Waals surface area contributed by atoms with Gasteiger partial charge in [-0.2, -0.15) is 10.4 Å². The third kappa shape index (κ3) is 3.86. The van der Waals surface area contributed by atoms with Crippen molar-refractivity contribution in [3.63, 3.8) is 0 Å². The van der Waals surface area contributed by atoms with Gasteiger partial charge in [-0.25, -0.2) is 4.98 Å². The highest BCUT2D eigenvalue weighted by molar-refractivity contribution is 5.85. The molecule has 2 fully saturated rings. The van der Waals surface area contributed by atoms with E-state index in [1.165, 1.54) is 12.8 Å². The van der Waals surface area contributed by atoms with E-state index in [1.807, 2.05) is 4.90 Å². The number of amides is 1. The molecule has 0 bridgehead atoms. The Morgan fingerprint density at radius 2 is 2.00 bits per heavy atom. The standard InChI is InChI=1S/C21H25N5O2/c1-21(2,28-17-9-5-14(12-22)6-10-17)20(27)26-11-3-4-16(13-26)19-23-18(24-25-19)15-7-8-15/h5-6,9-10,15-16H,3-4,7-8,11,13H2,1-2H3,(H,23,24,25)/t16-/m1/s1. The number of nitriles is 1. The van der Waals surface area contributed by atoms with Crippen molar-refractivity contribution >= 4 is 5.91 Å². The molecule has 1 aliphatic heterocycles. The molecule has 1 aromatic heterocycles. The molecule has 1 amide bonds. The Morgan fingerprint density at radius 3 is 2.68 bits per heavy atom. The second-order valence-electron chi connectivity index (χ2n) is 8.19. The third-order valence-corrected chi connectivity index (χ3v) is 5.43. The van der Waals surface area contributed by atoms with Crippen LogP contribution >= 0.6 is 0 Å². The highest BCUT2D eigenvalue weighted by Gasteiger charge is 2.38. The number of piperidine rings is 1. The number of nitrogens with zero attached hydrogens (tertiary/aromatic N) is 4. The van der Waals surface area contributed by atoms with E-state index in [0.717, 1.165) is 31.0 Å². The van der Waals surface area contributed by atoms with Gasteiger partial charge in [0.1, 0.15) is 11.6 Å². The van der Waals surface area contributed by atoms with Gasteiger partial charge in [-0.1, -0.05) is 0 Å². The van der Waals surface area contributed by atoms with Crippen molar-refractivity contribution in [3.8, 4) is 11.8 Å². The average molecular weight is 379 g/mol. The number of carbonyl (C=O) groups is 1. The fourth-order valence-electron chi connectivity index (χ4n) is 3.70. The molecular weight excluding hydrogens is 354 g/mol. The molecule has 0 unspecified atom stereocenters. The van der Waals surface area contributed by atoms with Gasteiger partial charge in [-0.15, -0.1) is 0 Å². The number of carbonyl (C=O) groups excluding carboxylic acids is 1. The maximum atomic E-state index is 13.1. The summed E-state index contributed by atoms with van der Waals surface area (Å²) in [6.07, 6.45) is 4.29. The molecule has 1 atom stereocenters. The maximum absolute atomic E-state index is 13.1. The minimum absolute atomic E-state index is 0.0421. The molecule has 0 spiro atoms. The van der Waals surface area contributed by atoms with Crippen LogP contribution in [-0.4, -0.2) is 44.7 Å². The molecule has 1 aromatic carbocycles. The molecule has 146 valence electrons. The smallest absolute Gasteiger partial charge is 0.266 e. The predicted octanol–water partition coefficient (Wildman–Crippen LogP) is 3.12. The number of hydrogen-bond donors (Lipinski definition) is 1. The summed E-state index contributed by atoms with van der Waals surface area (Å²) in [5.41, 5.74) is -0.429. The summed E-state index contributed by atoms with van der Waals surface area (Å²) >= 11 is 0. The number of rotatable bonds is 5. The molecule has 2 aliphatic rings. The van der Waals surface area contributed by atoms with Crippen molar-refractivity contribution in [3.05, 3.63) is 41.5 Å². The van der Waals surface area contributed by atoms with Gasteiger partial charge in [0.15, 0.2) is 11.4 Å². The summed E-state index contributed by atoms with van der Waals surface area (Å²) in [5.74, 6) is 3.05. The molecule has 2 heterocycles. The van der Waals surface area contributed by atoms with E-state index in [1.54, 1.807) is 38.1 Å². The lowest BCUT2D eigenvalue weighted by atomic mass is 9.95. The Balaban J connectivity index is 1.42. The lowest BCUT2D eigenvalue weighted by Gasteiger charge is -2.37. The summed E-state index contributed by atoms with van der Waals surface area (Å²) in [5, 5.41) is 16.4. The molecule has 7 nitrogen and oxygen atoms in total. The van der Waals surface area contributed by atoms with Crippen molar-refractivity contribution in [2.24, 2.45) is 0 Å². The second-order valence-corrected chi connectivity index (χ2v) is 8.19. The zero-order valence-corrected chi connectivity index (χ0v) is 16.3. The second kappa shape index (κ2) is 7.27. The topological polar surface area (TPSA) is 94.9 Å². The van der Waals surface area contributed by atoms with E-state index >= 15 is 0 Å². The van der Waals surface area contributed by atoms with Gasteiger partial charge in [0.05, 0.1) is 11.6 Å². The van der Waals surface area contributed by atoms with E-state index in [2.05, 4.69) is 21.3 Å². The molecule has 1 saturated heterocycles. The van der Waals surface area contributed by atoms with Crippen LogP contribution in [0.15, 0.2) is 24.3 Å². The Morgan fingerprint density at radius 1 is 1.25 bits per heavy atom. The first-order valence-electron chi connectivity index (χ1n) is 9.87. The Labute approximate surface area is 164 Å². The van der Waals surface area contributed by atoms with E-state index in [-0.39, 0.29) is 11.8 Å². The lowest BCUT2D eigenvalue weighted by Crippen LogP contribution is -2.51. The fraction of sp³-hybridized carbons (Fsp3) is 0.524. The molecule has 4 rings (SSSR count). The van der Waals surface area contributed by atoms with Gasteiger partial charge in [0.25, 0.3) is 5.91 Å². The average Bonchev–Trinajstić information content (AvgIpc) is 3.44. The maximum Gasteiger partial charge on any atom is 0.266 e. The van der Waals surface area contributed by atoms with Crippen LogP contribution in [0.5, 0.6) is 5.75 Å². The minimum atomic E-state index is -0.992. The quantitative estimate of drug-likeness (QED) is 0.861. The molecular formula is C21H25N5O2. The summed E-state index contributed by atoms with van der Waals surface area (Å²) in [6.45, 7) is 4.90. The highest BCUT2D eigenvalue weighted by Crippen LogP contribution is 2.38. The normalized spacial score (nSPS) is 19.9. The van der Waals surface area contributed by atoms with Gasteiger partial charge < -0.3 is 9.64 Å². The van der Waals surface area contributed by atoms with Gasteiger partial charge in [-0.3, -0.25) is 9.89 Å². The Kier molecular flexibility index (Phi) is 4.80. The number of benzene rings is 1. The zero-order chi connectivity index (χ0) is 19.7. The van der Waals surface area contributed by atoms with Gasteiger partial charge in [-0.05, 0) is 63.8 Å². The highest BCUT2D eigenvalue weighted by atomic mass is 16.5. The number of aromatic amines is 1.